The molecule has 0 N–H and O–H groups in total. The second kappa shape index (κ2) is 4.51. The molecular weight excluding hydrogens is 284 g/mol. The van der Waals surface area contributed by atoms with Crippen molar-refractivity contribution in [1.82, 2.24) is 9.38 Å². The molecule has 0 spiro atoms. The highest BCUT2D eigenvalue weighted by Crippen LogP contribution is 2.30. The van der Waals surface area contributed by atoms with E-state index in [1.165, 1.54) is 10.2 Å². The fourth-order valence-corrected chi connectivity index (χ4v) is 3.71. The third-order valence-corrected chi connectivity index (χ3v) is 4.51. The van der Waals surface area contributed by atoms with Gasteiger partial charge in [-0.2, -0.15) is 0 Å². The van der Waals surface area contributed by atoms with Gasteiger partial charge in [0.15, 0.2) is 4.96 Å². The molecule has 2 nitrogen and oxygen atoms in total. The molecule has 20 heavy (non-hydrogen) atoms. The van der Waals surface area contributed by atoms with Crippen LogP contribution >= 0.6 is 23.6 Å². The van der Waals surface area contributed by atoms with Crippen LogP contribution in [0.2, 0.25) is 0 Å². The van der Waals surface area contributed by atoms with Gasteiger partial charge in [0, 0.05) is 0 Å². The maximum atomic E-state index is 5.31. The normalized spacial score (nSPS) is 11.2. The topological polar surface area (TPSA) is 17.3 Å². The smallest absolute Gasteiger partial charge is 0.196 e. The Morgan fingerprint density at radius 1 is 0.950 bits per heavy atom. The molecule has 4 aromatic rings. The molecule has 0 fully saturated rings. The summed E-state index contributed by atoms with van der Waals surface area (Å²) in [7, 11) is 0. The van der Waals surface area contributed by atoms with E-state index in [2.05, 4.69) is 45.8 Å². The van der Waals surface area contributed by atoms with E-state index in [1.54, 1.807) is 11.3 Å². The molecule has 96 valence electrons. The van der Waals surface area contributed by atoms with Crippen LogP contribution in [-0.4, -0.2) is 9.38 Å². The van der Waals surface area contributed by atoms with Gasteiger partial charge in [0.1, 0.15) is 4.64 Å². The molecular formula is C16H10N2S2. The van der Waals surface area contributed by atoms with Crippen LogP contribution in [-0.2, 0) is 0 Å². The van der Waals surface area contributed by atoms with Crippen molar-refractivity contribution in [3.05, 3.63) is 65.3 Å². The largest absolute Gasteiger partial charge is 0.284 e. The number of para-hydroxylation sites is 1. The molecule has 0 radical (unpaired) electrons. The van der Waals surface area contributed by atoms with Crippen molar-refractivity contribution in [3.8, 4) is 11.3 Å². The summed E-state index contributed by atoms with van der Waals surface area (Å²) in [6.45, 7) is 0. The molecule has 2 aromatic carbocycles. The first-order valence-electron chi connectivity index (χ1n) is 6.30. The second-order valence-electron chi connectivity index (χ2n) is 4.53. The minimum absolute atomic E-state index is 0.635. The average molecular weight is 294 g/mol. The van der Waals surface area contributed by atoms with Crippen molar-refractivity contribution in [3.63, 3.8) is 0 Å². The summed E-state index contributed by atoms with van der Waals surface area (Å²) in [4.78, 5) is 5.44. The van der Waals surface area contributed by atoms with Crippen molar-refractivity contribution >= 4 is 38.7 Å². The molecule has 0 aliphatic rings. The van der Waals surface area contributed by atoms with Gasteiger partial charge in [-0.1, -0.05) is 66.0 Å². The molecule has 4 rings (SSSR count). The van der Waals surface area contributed by atoms with Crippen LogP contribution in [0.4, 0.5) is 0 Å². The van der Waals surface area contributed by atoms with Gasteiger partial charge in [-0.15, -0.1) is 0 Å². The fourth-order valence-electron chi connectivity index (χ4n) is 2.41. The Morgan fingerprint density at radius 2 is 1.70 bits per heavy atom. The van der Waals surface area contributed by atoms with Crippen molar-refractivity contribution in [2.45, 2.75) is 0 Å². The Hall–Kier alpha value is -2.04. The molecule has 2 aromatic heterocycles. The number of thiazole rings is 1. The summed E-state index contributed by atoms with van der Waals surface area (Å²) in [5, 5.41) is 0. The lowest BCUT2D eigenvalue weighted by molar-refractivity contribution is 1.17. The summed E-state index contributed by atoms with van der Waals surface area (Å²) in [6.07, 6.45) is 0. The zero-order chi connectivity index (χ0) is 13.5. The van der Waals surface area contributed by atoms with Crippen molar-refractivity contribution < 1.29 is 0 Å². The first-order chi connectivity index (χ1) is 9.83. The van der Waals surface area contributed by atoms with Gasteiger partial charge in [0.2, 0.25) is 0 Å². The van der Waals surface area contributed by atoms with Gasteiger partial charge >= 0.3 is 0 Å². The van der Waals surface area contributed by atoms with Crippen LogP contribution in [0.3, 0.4) is 0 Å². The quantitative estimate of drug-likeness (QED) is 0.462. The average Bonchev–Trinajstić information content (AvgIpc) is 2.85. The molecule has 4 heteroatoms. The zero-order valence-corrected chi connectivity index (χ0v) is 12.1. The van der Waals surface area contributed by atoms with Gasteiger partial charge in [0.05, 0.1) is 15.9 Å². The Kier molecular flexibility index (Phi) is 2.65. The van der Waals surface area contributed by atoms with Crippen molar-refractivity contribution in [2.75, 3.05) is 0 Å². The standard InChI is InChI=1S/C16H10N2S2/c19-15-10-13(11-6-2-1-3-7-11)18-12-8-4-5-9-14(12)20-16(18)17-15/h1-10H. The van der Waals surface area contributed by atoms with E-state index in [9.17, 15) is 0 Å². The SMILES string of the molecule is S=c1cc(-c2ccccc2)n2c(n1)sc1ccccc12. The van der Waals surface area contributed by atoms with Crippen LogP contribution < -0.4 is 0 Å². The van der Waals surface area contributed by atoms with Crippen molar-refractivity contribution in [1.29, 1.82) is 0 Å². The lowest BCUT2D eigenvalue weighted by Gasteiger charge is -2.06. The summed E-state index contributed by atoms with van der Waals surface area (Å²) in [5.74, 6) is 0. The van der Waals surface area contributed by atoms with E-state index in [1.807, 2.05) is 24.3 Å². The number of fused-ring (bicyclic) bond motifs is 3. The number of hydrogen-bond donors (Lipinski definition) is 0. The minimum Gasteiger partial charge on any atom is -0.284 e. The Balaban J connectivity index is 2.22. The molecule has 0 bridgehead atoms. The van der Waals surface area contributed by atoms with Crippen LogP contribution in [0.5, 0.6) is 0 Å². The van der Waals surface area contributed by atoms with E-state index in [0.29, 0.717) is 4.64 Å². The highest BCUT2D eigenvalue weighted by Gasteiger charge is 2.10. The first-order valence-corrected chi connectivity index (χ1v) is 7.52. The lowest BCUT2D eigenvalue weighted by Crippen LogP contribution is -1.93. The van der Waals surface area contributed by atoms with Gasteiger partial charge in [0.25, 0.3) is 0 Å². The van der Waals surface area contributed by atoms with Crippen LogP contribution in [0.25, 0.3) is 26.4 Å². The lowest BCUT2D eigenvalue weighted by atomic mass is 10.1. The van der Waals surface area contributed by atoms with E-state index in [-0.39, 0.29) is 0 Å². The monoisotopic (exact) mass is 294 g/mol. The summed E-state index contributed by atoms with van der Waals surface area (Å²) < 4.78 is 4.04. The molecule has 0 saturated heterocycles. The van der Waals surface area contributed by atoms with Crippen LogP contribution in [0.15, 0.2) is 60.7 Å². The zero-order valence-electron chi connectivity index (χ0n) is 10.5. The second-order valence-corrected chi connectivity index (χ2v) is 5.96. The predicted octanol–water partition coefficient (Wildman–Crippen LogP) is 4.95. The molecule has 0 unspecified atom stereocenters. The summed E-state index contributed by atoms with van der Waals surface area (Å²) in [5.41, 5.74) is 3.42. The highest BCUT2D eigenvalue weighted by molar-refractivity contribution is 7.71. The number of benzene rings is 2. The molecule has 0 aliphatic carbocycles. The molecule has 2 heterocycles. The first kappa shape index (κ1) is 11.8. The number of aromatic nitrogens is 2. The summed E-state index contributed by atoms with van der Waals surface area (Å²) in [6, 6.07) is 20.6. The number of nitrogens with zero attached hydrogens (tertiary/aromatic N) is 2. The van der Waals surface area contributed by atoms with Gasteiger partial charge in [-0.05, 0) is 23.8 Å². The Morgan fingerprint density at radius 3 is 2.55 bits per heavy atom. The minimum atomic E-state index is 0.635. The predicted molar refractivity (Wildman–Crippen MR) is 86.8 cm³/mol. The molecule has 0 saturated carbocycles. The highest BCUT2D eigenvalue weighted by atomic mass is 32.1. The van der Waals surface area contributed by atoms with E-state index in [4.69, 9.17) is 12.2 Å². The van der Waals surface area contributed by atoms with E-state index in [0.717, 1.165) is 16.2 Å². The maximum Gasteiger partial charge on any atom is 0.196 e. The van der Waals surface area contributed by atoms with Crippen LogP contribution in [0, 0.1) is 4.64 Å². The van der Waals surface area contributed by atoms with Gasteiger partial charge < -0.3 is 0 Å². The third-order valence-electron chi connectivity index (χ3n) is 3.28. The number of rotatable bonds is 1. The maximum absolute atomic E-state index is 5.31. The van der Waals surface area contributed by atoms with E-state index < -0.39 is 0 Å². The Labute approximate surface area is 125 Å². The Bertz CT molecular complexity index is 968. The van der Waals surface area contributed by atoms with Crippen molar-refractivity contribution in [2.24, 2.45) is 0 Å². The van der Waals surface area contributed by atoms with Crippen LogP contribution in [0.1, 0.15) is 0 Å². The summed E-state index contributed by atoms with van der Waals surface area (Å²) >= 11 is 6.98. The fraction of sp³-hybridized carbons (Fsp3) is 0. The van der Waals surface area contributed by atoms with E-state index >= 15 is 0 Å². The third kappa shape index (κ3) is 1.77. The van der Waals surface area contributed by atoms with Gasteiger partial charge in [-0.25, -0.2) is 4.98 Å². The number of hydrogen-bond acceptors (Lipinski definition) is 3. The molecule has 0 atom stereocenters. The molecule has 0 aliphatic heterocycles. The van der Waals surface area contributed by atoms with Gasteiger partial charge in [-0.3, -0.25) is 4.40 Å². The molecule has 0 amide bonds.